The van der Waals surface area contributed by atoms with Crippen LogP contribution in [-0.2, 0) is 48.8 Å². The molecule has 0 saturated carbocycles. The number of hydrogen-bond donors (Lipinski definition) is 1. The first-order valence-electron chi connectivity index (χ1n) is 6.69. The SMILES string of the molecule is CC(S(=O)(=O)[O-])S(=O)(=O)OCCCCCOS(=O)(=O)C(C)S(=O)(=O)O. The van der Waals surface area contributed by atoms with Gasteiger partial charge in [-0.25, -0.2) is 8.42 Å². The molecule has 0 heterocycles. The Morgan fingerprint density at radius 1 is 0.760 bits per heavy atom. The van der Waals surface area contributed by atoms with Gasteiger partial charge in [-0.3, -0.25) is 12.9 Å². The molecule has 0 fully saturated rings. The second-order valence-electron chi connectivity index (χ2n) is 4.83. The Morgan fingerprint density at radius 2 is 1.12 bits per heavy atom. The quantitative estimate of drug-likeness (QED) is 0.217. The summed E-state index contributed by atoms with van der Waals surface area (Å²) >= 11 is 0. The lowest BCUT2D eigenvalue weighted by atomic mass is 10.2. The molecule has 0 rings (SSSR count). The predicted molar refractivity (Wildman–Crippen MR) is 83.8 cm³/mol. The first-order valence-corrected chi connectivity index (χ1v) is 12.6. The fourth-order valence-electron chi connectivity index (χ4n) is 1.22. The maximum atomic E-state index is 11.4. The molecule has 16 heteroatoms. The van der Waals surface area contributed by atoms with Crippen molar-refractivity contribution in [3.63, 3.8) is 0 Å². The van der Waals surface area contributed by atoms with Gasteiger partial charge in [0.15, 0.2) is 4.58 Å². The Morgan fingerprint density at radius 3 is 1.44 bits per heavy atom. The lowest BCUT2D eigenvalue weighted by Gasteiger charge is -2.16. The van der Waals surface area contributed by atoms with Crippen molar-refractivity contribution in [3.05, 3.63) is 0 Å². The molecule has 2 unspecified atom stereocenters. The van der Waals surface area contributed by atoms with Crippen molar-refractivity contribution in [3.8, 4) is 0 Å². The first kappa shape index (κ1) is 24.6. The summed E-state index contributed by atoms with van der Waals surface area (Å²) in [6, 6.07) is 0. The van der Waals surface area contributed by atoms with Gasteiger partial charge in [0, 0.05) is 0 Å². The topological polar surface area (TPSA) is 198 Å². The lowest BCUT2D eigenvalue weighted by molar-refractivity contribution is 0.282. The fraction of sp³-hybridized carbons (Fsp3) is 1.00. The summed E-state index contributed by atoms with van der Waals surface area (Å²) in [5.41, 5.74) is 0. The van der Waals surface area contributed by atoms with Crippen LogP contribution in [0.3, 0.4) is 0 Å². The molecule has 1 N–H and O–H groups in total. The maximum absolute atomic E-state index is 11.4. The molecule has 2 atom stereocenters. The van der Waals surface area contributed by atoms with Crippen LogP contribution in [0.4, 0.5) is 0 Å². The van der Waals surface area contributed by atoms with E-state index in [1.165, 1.54) is 0 Å². The van der Waals surface area contributed by atoms with Gasteiger partial charge in [0.05, 0.1) is 13.2 Å². The van der Waals surface area contributed by atoms with Crippen molar-refractivity contribution < 1.29 is 51.1 Å². The Bertz CT molecular complexity index is 764. The number of rotatable bonds is 12. The highest BCUT2D eigenvalue weighted by Gasteiger charge is 2.33. The maximum Gasteiger partial charge on any atom is 0.287 e. The highest BCUT2D eigenvalue weighted by atomic mass is 32.3. The minimum Gasteiger partial charge on any atom is -0.747 e. The molecule has 0 aliphatic heterocycles. The van der Waals surface area contributed by atoms with Gasteiger partial charge in [0.25, 0.3) is 30.4 Å². The minimum atomic E-state index is -5.07. The van der Waals surface area contributed by atoms with Crippen molar-refractivity contribution in [1.82, 2.24) is 0 Å². The van der Waals surface area contributed by atoms with Crippen LogP contribution in [0, 0.1) is 0 Å². The fourth-order valence-corrected chi connectivity index (χ4v) is 4.98. The van der Waals surface area contributed by atoms with E-state index in [4.69, 9.17) is 4.55 Å². The lowest BCUT2D eigenvalue weighted by Crippen LogP contribution is -2.29. The second kappa shape index (κ2) is 9.03. The van der Waals surface area contributed by atoms with Crippen LogP contribution in [0.5, 0.6) is 0 Å². The van der Waals surface area contributed by atoms with Gasteiger partial charge >= 0.3 is 0 Å². The predicted octanol–water partition coefficient (Wildman–Crippen LogP) is -1.03. The summed E-state index contributed by atoms with van der Waals surface area (Å²) in [6.07, 6.45) is 0.349. The Hall–Kier alpha value is -0.360. The molecular formula is C9H19O12S4-. The molecule has 0 aromatic heterocycles. The van der Waals surface area contributed by atoms with Gasteiger partial charge in [0.2, 0.25) is 4.58 Å². The van der Waals surface area contributed by atoms with Gasteiger partial charge in [-0.2, -0.15) is 25.3 Å². The van der Waals surface area contributed by atoms with Gasteiger partial charge in [-0.05, 0) is 33.1 Å². The normalized spacial score (nSPS) is 16.5. The molecule has 0 aromatic carbocycles. The van der Waals surface area contributed by atoms with E-state index >= 15 is 0 Å². The molecule has 0 aliphatic rings. The van der Waals surface area contributed by atoms with Crippen molar-refractivity contribution >= 4 is 40.5 Å². The molecule has 0 amide bonds. The van der Waals surface area contributed by atoms with Crippen LogP contribution in [0.15, 0.2) is 0 Å². The second-order valence-corrected chi connectivity index (χ2v) is 12.7. The third-order valence-corrected chi connectivity index (χ3v) is 10.0. The van der Waals surface area contributed by atoms with Crippen LogP contribution in [-0.4, -0.2) is 65.2 Å². The van der Waals surface area contributed by atoms with Gasteiger partial charge in [-0.1, -0.05) is 0 Å². The summed E-state index contributed by atoms with van der Waals surface area (Å²) in [5, 5.41) is 0. The van der Waals surface area contributed by atoms with Crippen molar-refractivity contribution in [2.24, 2.45) is 0 Å². The van der Waals surface area contributed by atoms with Gasteiger partial charge in [0.1, 0.15) is 10.1 Å². The van der Waals surface area contributed by atoms with Crippen molar-refractivity contribution in [1.29, 1.82) is 0 Å². The van der Waals surface area contributed by atoms with E-state index in [0.717, 1.165) is 6.92 Å². The summed E-state index contributed by atoms with van der Waals surface area (Å²) in [4.78, 5) is 0. The van der Waals surface area contributed by atoms with E-state index in [-0.39, 0.29) is 19.3 Å². The van der Waals surface area contributed by atoms with Crippen LogP contribution in [0.1, 0.15) is 33.1 Å². The number of hydrogen-bond acceptors (Lipinski definition) is 11. The summed E-state index contributed by atoms with van der Waals surface area (Å²) in [5.74, 6) is 0. The zero-order valence-electron chi connectivity index (χ0n) is 13.3. The molecule has 152 valence electrons. The van der Waals surface area contributed by atoms with E-state index < -0.39 is 62.9 Å². The summed E-state index contributed by atoms with van der Waals surface area (Å²) < 4.78 is 112. The first-order chi connectivity index (χ1) is 11.0. The van der Waals surface area contributed by atoms with Gasteiger partial charge in [-0.15, -0.1) is 0 Å². The molecule has 0 aliphatic carbocycles. The van der Waals surface area contributed by atoms with Crippen LogP contribution >= 0.6 is 0 Å². The highest BCUT2D eigenvalue weighted by molar-refractivity contribution is 8.04. The molecule has 0 bridgehead atoms. The smallest absolute Gasteiger partial charge is 0.287 e. The van der Waals surface area contributed by atoms with Gasteiger partial charge < -0.3 is 4.55 Å². The summed E-state index contributed by atoms with van der Waals surface area (Å²) in [6.45, 7) is 0.554. The Balaban J connectivity index is 4.22. The summed E-state index contributed by atoms with van der Waals surface area (Å²) in [7, 11) is -19.0. The Labute approximate surface area is 147 Å². The molecular weight excluding hydrogens is 428 g/mol. The average Bonchev–Trinajstić information content (AvgIpc) is 2.42. The van der Waals surface area contributed by atoms with Crippen molar-refractivity contribution in [2.75, 3.05) is 13.2 Å². The monoisotopic (exact) mass is 447 g/mol. The Kier molecular flexibility index (Phi) is 8.90. The van der Waals surface area contributed by atoms with Crippen LogP contribution in [0.2, 0.25) is 0 Å². The van der Waals surface area contributed by atoms with Crippen LogP contribution in [0.25, 0.3) is 0 Å². The molecule has 25 heavy (non-hydrogen) atoms. The largest absolute Gasteiger partial charge is 0.747 e. The average molecular weight is 448 g/mol. The standard InChI is InChI=1S/C9H20O12S4/c1-8(22(10,11)12)24(16,17)20-6-4-3-5-7-21-25(18,19)9(2)23(13,14)15/h8-9H,3-7H2,1-2H3,(H,10,11,12)(H,13,14,15)/p-1. The van der Waals surface area contributed by atoms with E-state index in [1.807, 2.05) is 0 Å². The third-order valence-electron chi connectivity index (χ3n) is 2.92. The van der Waals surface area contributed by atoms with E-state index in [9.17, 15) is 38.2 Å². The molecule has 0 saturated heterocycles. The molecule has 0 aromatic rings. The molecule has 0 spiro atoms. The highest BCUT2D eigenvalue weighted by Crippen LogP contribution is 2.12. The zero-order valence-corrected chi connectivity index (χ0v) is 16.5. The van der Waals surface area contributed by atoms with E-state index in [2.05, 4.69) is 8.37 Å². The molecule has 12 nitrogen and oxygen atoms in total. The zero-order chi connectivity index (χ0) is 20.1. The van der Waals surface area contributed by atoms with Crippen molar-refractivity contribution in [2.45, 2.75) is 42.3 Å². The molecule has 0 radical (unpaired) electrons. The third kappa shape index (κ3) is 8.72. The van der Waals surface area contributed by atoms with Crippen LogP contribution < -0.4 is 0 Å². The van der Waals surface area contributed by atoms with E-state index in [1.54, 1.807) is 0 Å². The number of unbranched alkanes of at least 4 members (excludes halogenated alkanes) is 2. The van der Waals surface area contributed by atoms with E-state index in [0.29, 0.717) is 6.92 Å². The minimum absolute atomic E-state index is 0.0715.